The molecule has 1 atom stereocenters. The van der Waals surface area contributed by atoms with Crippen LogP contribution in [0, 0.1) is 0 Å². The van der Waals surface area contributed by atoms with E-state index in [0.717, 1.165) is 16.7 Å². The fraction of sp³-hybridized carbons (Fsp3) is 0.172. The van der Waals surface area contributed by atoms with Crippen molar-refractivity contribution >= 4 is 16.0 Å². The Kier molecular flexibility index (Phi) is 11.2. The minimum Gasteiger partial charge on any atom is -0.545 e. The maximum absolute atomic E-state index is 13.1. The molecule has 0 fully saturated rings. The van der Waals surface area contributed by atoms with Gasteiger partial charge in [0, 0.05) is 38.1 Å². The van der Waals surface area contributed by atoms with Crippen LogP contribution in [0.4, 0.5) is 0 Å². The summed E-state index contributed by atoms with van der Waals surface area (Å²) in [6.45, 7) is 1.73. The second-order valence-corrected chi connectivity index (χ2v) is 10.5. The molecule has 38 heavy (non-hydrogen) atoms. The molecule has 4 rings (SSSR count). The normalized spacial score (nSPS) is 12.0. The number of carbonyl (C=O) groups is 1. The van der Waals surface area contributed by atoms with Gasteiger partial charge >= 0.3 is 29.6 Å². The Labute approximate surface area is 245 Å². The molecule has 1 unspecified atom stereocenters. The number of rotatable bonds is 12. The molecule has 3 aromatic carbocycles. The zero-order valence-corrected chi connectivity index (χ0v) is 24.1. The van der Waals surface area contributed by atoms with Gasteiger partial charge in [-0.1, -0.05) is 78.9 Å². The molecule has 190 valence electrons. The summed E-state index contributed by atoms with van der Waals surface area (Å²) in [7, 11) is -3.73. The summed E-state index contributed by atoms with van der Waals surface area (Å²) >= 11 is 0. The largest absolute Gasteiger partial charge is 1.00 e. The molecule has 1 heterocycles. The minimum atomic E-state index is -3.73. The zero-order valence-electron chi connectivity index (χ0n) is 21.2. The quantitative estimate of drug-likeness (QED) is 0.265. The first kappa shape index (κ1) is 29.7. The van der Waals surface area contributed by atoms with Crippen molar-refractivity contribution in [1.29, 1.82) is 0 Å². The van der Waals surface area contributed by atoms with E-state index in [0.29, 0.717) is 26.1 Å². The van der Waals surface area contributed by atoms with E-state index in [1.165, 1.54) is 12.1 Å². The number of aromatic nitrogens is 1. The molecule has 0 aliphatic carbocycles. The molecule has 9 heteroatoms. The van der Waals surface area contributed by atoms with Gasteiger partial charge in [-0.15, -0.1) is 0 Å². The molecule has 0 saturated heterocycles. The van der Waals surface area contributed by atoms with E-state index in [1.54, 1.807) is 54.9 Å². The number of pyridine rings is 1. The third-order valence-corrected chi connectivity index (χ3v) is 7.50. The number of sulfonamides is 1. The van der Waals surface area contributed by atoms with Gasteiger partial charge in [0.15, 0.2) is 0 Å². The SMILES string of the molecule is O=C([O-])c1ccc(CN(CCC(NS(=O)(=O)c2ccccc2)c2ccccc2)Cc2cccnc2)cc1.[Na+]. The summed E-state index contributed by atoms with van der Waals surface area (Å²) in [4.78, 5) is 17.7. The van der Waals surface area contributed by atoms with Crippen molar-refractivity contribution in [2.45, 2.75) is 30.4 Å². The minimum absolute atomic E-state index is 0. The smallest absolute Gasteiger partial charge is 0.545 e. The molecule has 1 N–H and O–H groups in total. The van der Waals surface area contributed by atoms with E-state index in [1.807, 2.05) is 42.5 Å². The third kappa shape index (κ3) is 8.59. The summed E-state index contributed by atoms with van der Waals surface area (Å²) in [6.07, 6.45) is 4.04. The van der Waals surface area contributed by atoms with E-state index < -0.39 is 22.0 Å². The molecule has 0 radical (unpaired) electrons. The van der Waals surface area contributed by atoms with Gasteiger partial charge in [0.05, 0.1) is 10.9 Å². The standard InChI is InChI=1S/C29H29N3O4S.Na/c33-29(34)26-15-13-23(14-16-26)21-32(22-24-8-7-18-30-20-24)19-17-28(25-9-3-1-4-10-25)31-37(35,36)27-11-5-2-6-12-27;/h1-16,18,20,28,31H,17,19,21-22H2,(H,33,34);/q;+1/p-1. The third-order valence-electron chi connectivity index (χ3n) is 6.01. The molecule has 4 aromatic rings. The monoisotopic (exact) mass is 537 g/mol. The Morgan fingerprint density at radius 3 is 2.08 bits per heavy atom. The van der Waals surface area contributed by atoms with Crippen molar-refractivity contribution in [3.63, 3.8) is 0 Å². The van der Waals surface area contributed by atoms with Gasteiger partial charge in [-0.05, 0) is 46.9 Å². The fourth-order valence-electron chi connectivity index (χ4n) is 4.11. The van der Waals surface area contributed by atoms with E-state index in [9.17, 15) is 18.3 Å². The number of carbonyl (C=O) groups excluding carboxylic acids is 1. The first-order valence-electron chi connectivity index (χ1n) is 11.9. The van der Waals surface area contributed by atoms with E-state index in [-0.39, 0.29) is 40.0 Å². The van der Waals surface area contributed by atoms with Crippen LogP contribution in [0.3, 0.4) is 0 Å². The molecule has 1 aromatic heterocycles. The van der Waals surface area contributed by atoms with Gasteiger partial charge in [-0.2, -0.15) is 0 Å². The Balaban J connectivity index is 0.00000400. The van der Waals surface area contributed by atoms with Crippen molar-refractivity contribution in [2.75, 3.05) is 6.54 Å². The van der Waals surface area contributed by atoms with Crippen LogP contribution in [-0.2, 0) is 23.1 Å². The molecule has 0 saturated carbocycles. The van der Waals surface area contributed by atoms with Crippen LogP contribution in [0.1, 0.15) is 39.5 Å². The van der Waals surface area contributed by atoms with Crippen molar-refractivity contribution in [3.05, 3.63) is 132 Å². The Morgan fingerprint density at radius 1 is 0.842 bits per heavy atom. The first-order valence-corrected chi connectivity index (χ1v) is 13.4. The van der Waals surface area contributed by atoms with Crippen LogP contribution in [0.15, 0.2) is 114 Å². The van der Waals surface area contributed by atoms with Crippen LogP contribution < -0.4 is 39.4 Å². The Morgan fingerprint density at radius 2 is 1.47 bits per heavy atom. The second-order valence-electron chi connectivity index (χ2n) is 8.74. The second kappa shape index (κ2) is 14.3. The van der Waals surface area contributed by atoms with E-state index >= 15 is 0 Å². The maximum Gasteiger partial charge on any atom is 1.00 e. The van der Waals surface area contributed by atoms with E-state index in [4.69, 9.17) is 0 Å². The van der Waals surface area contributed by atoms with Crippen molar-refractivity contribution in [3.8, 4) is 0 Å². The van der Waals surface area contributed by atoms with Crippen LogP contribution in [0.5, 0.6) is 0 Å². The summed E-state index contributed by atoms with van der Waals surface area (Å²) in [5, 5.41) is 11.1. The average Bonchev–Trinajstić information content (AvgIpc) is 2.92. The predicted octanol–water partition coefficient (Wildman–Crippen LogP) is 0.561. The van der Waals surface area contributed by atoms with Crippen LogP contribution >= 0.6 is 0 Å². The van der Waals surface area contributed by atoms with Gasteiger partial charge in [0.1, 0.15) is 0 Å². The number of aromatic carboxylic acids is 1. The predicted molar refractivity (Wildman–Crippen MR) is 140 cm³/mol. The van der Waals surface area contributed by atoms with Gasteiger partial charge in [0.25, 0.3) is 0 Å². The van der Waals surface area contributed by atoms with Crippen molar-refractivity contribution < 1.29 is 47.9 Å². The molecule has 7 nitrogen and oxygen atoms in total. The average molecular weight is 538 g/mol. The Hall–Kier alpha value is -2.85. The zero-order chi connectivity index (χ0) is 26.1. The molecular weight excluding hydrogens is 509 g/mol. The topological polar surface area (TPSA) is 102 Å². The van der Waals surface area contributed by atoms with E-state index in [2.05, 4.69) is 14.6 Å². The van der Waals surface area contributed by atoms with Crippen molar-refractivity contribution in [1.82, 2.24) is 14.6 Å². The van der Waals surface area contributed by atoms with Crippen molar-refractivity contribution in [2.24, 2.45) is 0 Å². The number of nitrogens with one attached hydrogen (secondary N) is 1. The van der Waals surface area contributed by atoms with Gasteiger partial charge in [-0.25, -0.2) is 13.1 Å². The van der Waals surface area contributed by atoms with Crippen LogP contribution in [0.25, 0.3) is 0 Å². The summed E-state index contributed by atoms with van der Waals surface area (Å²) in [5.41, 5.74) is 2.97. The molecule has 0 spiro atoms. The number of benzene rings is 3. The number of hydrogen-bond acceptors (Lipinski definition) is 6. The van der Waals surface area contributed by atoms with Gasteiger partial charge in [-0.3, -0.25) is 9.88 Å². The summed E-state index contributed by atoms with van der Waals surface area (Å²) < 4.78 is 29.2. The first-order chi connectivity index (χ1) is 17.9. The van der Waals surface area contributed by atoms with Crippen LogP contribution in [0.2, 0.25) is 0 Å². The van der Waals surface area contributed by atoms with Gasteiger partial charge < -0.3 is 9.90 Å². The molecule has 0 amide bonds. The number of carboxylic acids is 1. The number of hydrogen-bond donors (Lipinski definition) is 1. The summed E-state index contributed by atoms with van der Waals surface area (Å²) in [6, 6.07) is 27.9. The van der Waals surface area contributed by atoms with Gasteiger partial charge in [0.2, 0.25) is 10.0 Å². The Bertz CT molecular complexity index is 1390. The number of nitrogens with zero attached hydrogens (tertiary/aromatic N) is 2. The molecule has 0 aliphatic heterocycles. The summed E-state index contributed by atoms with van der Waals surface area (Å²) in [5.74, 6) is -1.21. The molecule has 0 bridgehead atoms. The van der Waals surface area contributed by atoms with Crippen LogP contribution in [-0.4, -0.2) is 30.8 Å². The number of carboxylic acid groups (broad SMARTS) is 1. The molecular formula is C29H28N3NaO4S. The maximum atomic E-state index is 13.1. The fourth-order valence-corrected chi connectivity index (χ4v) is 5.39. The molecule has 0 aliphatic rings.